The van der Waals surface area contributed by atoms with E-state index in [1.165, 1.54) is 25.7 Å². The Labute approximate surface area is 666 Å². The maximum Gasteiger partial charge on any atom is 0.472 e. The summed E-state index contributed by atoms with van der Waals surface area (Å²) in [7, 11) is -10.0. The number of carbonyl (C=O) groups excluding carboxylic acids is 4. The molecule has 19 heteroatoms. The first-order valence-corrected chi connectivity index (χ1v) is 44.7. The van der Waals surface area contributed by atoms with Gasteiger partial charge in [-0.3, -0.25) is 37.3 Å². The van der Waals surface area contributed by atoms with Crippen LogP contribution < -0.4 is 0 Å². The summed E-state index contributed by atoms with van der Waals surface area (Å²) in [5, 5.41) is 10.7. The summed E-state index contributed by atoms with van der Waals surface area (Å²) in [5.41, 5.74) is 0. The predicted molar refractivity (Wildman–Crippen MR) is 454 cm³/mol. The van der Waals surface area contributed by atoms with Gasteiger partial charge >= 0.3 is 39.5 Å². The van der Waals surface area contributed by atoms with Crippen LogP contribution in [-0.4, -0.2) is 96.7 Å². The van der Waals surface area contributed by atoms with Crippen molar-refractivity contribution in [2.45, 2.75) is 316 Å². The number of aliphatic hydroxyl groups excluding tert-OH is 1. The summed E-state index contributed by atoms with van der Waals surface area (Å²) >= 11 is 0. The summed E-state index contributed by atoms with van der Waals surface area (Å²) in [6.07, 6.45) is 99.9. The number of carbonyl (C=O) groups is 4. The maximum atomic E-state index is 13.1. The summed E-state index contributed by atoms with van der Waals surface area (Å²) in [5.74, 6) is -2.35. The molecule has 0 saturated heterocycles. The molecule has 5 atom stereocenters. The second kappa shape index (κ2) is 80.9. The van der Waals surface area contributed by atoms with E-state index in [9.17, 15) is 43.2 Å². The Kier molecular flexibility index (Phi) is 76.4. The first-order valence-electron chi connectivity index (χ1n) is 41.7. The minimum Gasteiger partial charge on any atom is -0.462 e. The van der Waals surface area contributed by atoms with Crippen molar-refractivity contribution >= 4 is 39.5 Å². The van der Waals surface area contributed by atoms with Crippen LogP contribution in [-0.2, 0) is 65.4 Å². The van der Waals surface area contributed by atoms with Gasteiger partial charge in [0.25, 0.3) is 0 Å². The number of phosphoric ester groups is 2. The van der Waals surface area contributed by atoms with Crippen LogP contribution in [0.4, 0.5) is 0 Å². The fraction of sp³-hybridized carbons (Fsp3) is 0.604. The Hall–Kier alpha value is -6.10. The van der Waals surface area contributed by atoms with Gasteiger partial charge in [0.15, 0.2) is 12.2 Å². The van der Waals surface area contributed by atoms with E-state index in [0.717, 1.165) is 186 Å². The monoisotopic (exact) mass is 1570 g/mol. The first kappa shape index (κ1) is 104. The third-order valence-electron chi connectivity index (χ3n) is 16.5. The molecular weight excluding hydrogens is 1430 g/mol. The van der Waals surface area contributed by atoms with E-state index in [1.807, 2.05) is 18.2 Å². The molecule has 0 saturated carbocycles. The van der Waals surface area contributed by atoms with Crippen LogP contribution in [0.3, 0.4) is 0 Å². The van der Waals surface area contributed by atoms with Crippen LogP contribution in [0.5, 0.6) is 0 Å². The SMILES string of the molecule is CC/C=C\C/C=C\C/C=C\C/C=C\C/C=C\C/C=C\CCC(=O)OCC(COP(=O)(O)OCC(O)COP(=O)(O)OCC(COC(=O)CCCCCCCC/C=C\C/C=C\C/C=C\C/C=C\CC)OC(=O)CCCCCCC/C=C\CCCCCC)OC(=O)CCCCC/C=C\C/C=C\C/C=C\C/C=C\C/C=C\CC. The largest absolute Gasteiger partial charge is 0.472 e. The van der Waals surface area contributed by atoms with Crippen LogP contribution in [0.1, 0.15) is 297 Å². The van der Waals surface area contributed by atoms with Crippen molar-refractivity contribution in [3.8, 4) is 0 Å². The highest BCUT2D eigenvalue weighted by atomic mass is 31.2. The van der Waals surface area contributed by atoms with Crippen LogP contribution in [0.2, 0.25) is 0 Å². The Morgan fingerprint density at radius 3 is 0.800 bits per heavy atom. The van der Waals surface area contributed by atoms with Crippen LogP contribution in [0.25, 0.3) is 0 Å². The average Bonchev–Trinajstić information content (AvgIpc) is 0.900. The van der Waals surface area contributed by atoms with Gasteiger partial charge in [-0.15, -0.1) is 0 Å². The molecule has 0 radical (unpaired) electrons. The van der Waals surface area contributed by atoms with Gasteiger partial charge in [-0.1, -0.05) is 293 Å². The molecule has 622 valence electrons. The second-order valence-corrected chi connectivity index (χ2v) is 29.8. The summed E-state index contributed by atoms with van der Waals surface area (Å²) < 4.78 is 68.6. The Morgan fingerprint density at radius 1 is 0.264 bits per heavy atom. The highest BCUT2D eigenvalue weighted by Gasteiger charge is 2.30. The molecule has 17 nitrogen and oxygen atoms in total. The molecule has 5 unspecified atom stereocenters. The molecule has 3 N–H and O–H groups in total. The van der Waals surface area contributed by atoms with Crippen molar-refractivity contribution in [1.29, 1.82) is 0 Å². The lowest BCUT2D eigenvalue weighted by molar-refractivity contribution is -0.161. The van der Waals surface area contributed by atoms with Gasteiger partial charge in [-0.2, -0.15) is 0 Å². The molecule has 0 rings (SSSR count). The standard InChI is InChI=1S/C91H146O17P2/c1-5-9-13-17-21-25-29-33-36-39-42-45-48-52-55-59-63-67-71-75-88(93)101-81-86(107-90(95)77-73-69-65-61-57-51-32-28-24-20-16-12-8-4)83-105-109(97,98)103-79-85(92)80-104-110(99,100)106-84-87(108-91(96)78-74-70-66-62-58-54-50-47-44-41-38-35-31-27-23-19-15-11-7-3)82-102-89(94)76-72-68-64-60-56-53-49-46-43-40-37-34-30-26-22-18-14-10-6-2/h9-11,13-15,21-23,25-28,32-38,42-47,53-54,56,58,64,68,85-87,92H,5-8,12,16-20,24,29-31,39-41,48-52,55,57,59-63,65-67,69-84H2,1-4H3,(H,97,98)(H,99,100)/b13-9-,14-10-,15-11-,25-21-,26-22-,27-23-,32-28-,36-33-,37-34-,38-35-,45-42-,46-43-,47-44-,56-53-,58-54-,68-64-. The molecule has 0 bridgehead atoms. The molecule has 0 amide bonds. The molecule has 110 heavy (non-hydrogen) atoms. The van der Waals surface area contributed by atoms with Crippen molar-refractivity contribution in [1.82, 2.24) is 0 Å². The molecular formula is C91H146O17P2. The second-order valence-electron chi connectivity index (χ2n) is 26.9. The zero-order valence-electron chi connectivity index (χ0n) is 68.1. The number of ether oxygens (including phenoxy) is 4. The smallest absolute Gasteiger partial charge is 0.462 e. The van der Waals surface area contributed by atoms with Crippen molar-refractivity contribution in [3.05, 3.63) is 194 Å². The third kappa shape index (κ3) is 80.0. The number of allylic oxidation sites excluding steroid dienone is 32. The number of phosphoric acid groups is 2. The van der Waals surface area contributed by atoms with Gasteiger partial charge in [-0.05, 0) is 173 Å². The van der Waals surface area contributed by atoms with Gasteiger partial charge in [0.1, 0.15) is 19.3 Å². The molecule has 0 fully saturated rings. The number of hydrogen-bond acceptors (Lipinski definition) is 15. The van der Waals surface area contributed by atoms with E-state index < -0.39 is 97.5 Å². The zero-order valence-corrected chi connectivity index (χ0v) is 69.9. The van der Waals surface area contributed by atoms with Crippen molar-refractivity contribution in [2.24, 2.45) is 0 Å². The fourth-order valence-corrected chi connectivity index (χ4v) is 11.9. The topological polar surface area (TPSA) is 237 Å². The van der Waals surface area contributed by atoms with Gasteiger partial charge in [-0.25, -0.2) is 9.13 Å². The number of hydrogen-bond donors (Lipinski definition) is 3. The Morgan fingerprint density at radius 2 is 0.491 bits per heavy atom. The van der Waals surface area contributed by atoms with E-state index in [-0.39, 0.29) is 25.7 Å². The minimum atomic E-state index is -5.02. The van der Waals surface area contributed by atoms with Gasteiger partial charge in [0, 0.05) is 25.7 Å². The number of aliphatic hydroxyl groups is 1. The number of unbranched alkanes of at least 4 members (excludes halogenated alkanes) is 18. The number of esters is 4. The normalized spacial score (nSPS) is 14.8. The summed E-state index contributed by atoms with van der Waals surface area (Å²) in [4.78, 5) is 73.2. The lowest BCUT2D eigenvalue weighted by Gasteiger charge is -2.21. The molecule has 0 aliphatic heterocycles. The zero-order chi connectivity index (χ0) is 80.3. The van der Waals surface area contributed by atoms with Gasteiger partial charge in [0.2, 0.25) is 0 Å². The highest BCUT2D eigenvalue weighted by Crippen LogP contribution is 2.45. The van der Waals surface area contributed by atoms with E-state index in [0.29, 0.717) is 32.1 Å². The maximum absolute atomic E-state index is 13.1. The molecule has 0 aliphatic rings. The van der Waals surface area contributed by atoms with Crippen molar-refractivity contribution in [2.75, 3.05) is 39.6 Å². The molecule has 0 aliphatic carbocycles. The first-order chi connectivity index (χ1) is 53.7. The lowest BCUT2D eigenvalue weighted by Crippen LogP contribution is -2.30. The van der Waals surface area contributed by atoms with Gasteiger partial charge < -0.3 is 33.8 Å². The van der Waals surface area contributed by atoms with Crippen LogP contribution >= 0.6 is 15.6 Å². The number of rotatable bonds is 76. The van der Waals surface area contributed by atoms with E-state index >= 15 is 0 Å². The van der Waals surface area contributed by atoms with Crippen molar-refractivity contribution in [3.63, 3.8) is 0 Å². The van der Waals surface area contributed by atoms with E-state index in [2.05, 4.69) is 204 Å². The Bertz CT molecular complexity index is 2850. The molecule has 0 aromatic rings. The van der Waals surface area contributed by atoms with Crippen molar-refractivity contribution < 1.29 is 80.2 Å². The molecule has 0 heterocycles. The Balaban J connectivity index is 5.50. The lowest BCUT2D eigenvalue weighted by atomic mass is 10.1. The molecule has 0 aromatic heterocycles. The van der Waals surface area contributed by atoms with Crippen LogP contribution in [0.15, 0.2) is 194 Å². The summed E-state index contributed by atoms with van der Waals surface area (Å²) in [6.45, 7) is 4.36. The van der Waals surface area contributed by atoms with Crippen LogP contribution in [0, 0.1) is 0 Å². The summed E-state index contributed by atoms with van der Waals surface area (Å²) in [6, 6.07) is 0. The minimum absolute atomic E-state index is 0.0206. The highest BCUT2D eigenvalue weighted by molar-refractivity contribution is 7.47. The molecule has 0 spiro atoms. The average molecular weight is 1570 g/mol. The van der Waals surface area contributed by atoms with E-state index in [4.69, 9.17) is 37.0 Å². The molecule has 0 aromatic carbocycles. The third-order valence-corrected chi connectivity index (χ3v) is 18.4. The predicted octanol–water partition coefficient (Wildman–Crippen LogP) is 24.9. The fourth-order valence-electron chi connectivity index (χ4n) is 10.3. The quantitative estimate of drug-likeness (QED) is 0.0169. The van der Waals surface area contributed by atoms with E-state index in [1.54, 1.807) is 0 Å². The van der Waals surface area contributed by atoms with Gasteiger partial charge in [0.05, 0.1) is 26.4 Å².